The maximum absolute atomic E-state index is 11.9. The van der Waals surface area contributed by atoms with Gasteiger partial charge in [-0.1, -0.05) is 24.3 Å². The molecule has 0 saturated carbocycles. The molecular formula is C14H13NO6S. The summed E-state index contributed by atoms with van der Waals surface area (Å²) in [5.74, 6) is 0.596. The van der Waals surface area contributed by atoms with Crippen LogP contribution in [0.1, 0.15) is 0 Å². The minimum atomic E-state index is -4.06. The van der Waals surface area contributed by atoms with E-state index in [2.05, 4.69) is 0 Å². The summed E-state index contributed by atoms with van der Waals surface area (Å²) < 4.78 is 33.9. The zero-order chi connectivity index (χ0) is 16.0. The van der Waals surface area contributed by atoms with E-state index in [-0.39, 0.29) is 23.8 Å². The Morgan fingerprint density at radius 3 is 2.41 bits per heavy atom. The monoisotopic (exact) mass is 323 g/mol. The first kappa shape index (κ1) is 15.9. The van der Waals surface area contributed by atoms with E-state index in [1.165, 1.54) is 18.2 Å². The SMILES string of the molecule is O=[N+]([O-])c1cccc(S(=O)(=O)OCCOc2ccccc2)c1. The Kier molecular flexibility index (Phi) is 5.08. The second-order valence-corrected chi connectivity index (χ2v) is 5.81. The van der Waals surface area contributed by atoms with Crippen LogP contribution in [0, 0.1) is 10.1 Å². The van der Waals surface area contributed by atoms with Crippen LogP contribution in [0.5, 0.6) is 5.75 Å². The van der Waals surface area contributed by atoms with Crippen LogP contribution in [-0.4, -0.2) is 26.6 Å². The average Bonchev–Trinajstić information content (AvgIpc) is 2.53. The maximum atomic E-state index is 11.9. The van der Waals surface area contributed by atoms with Gasteiger partial charge in [0.05, 0.1) is 4.92 Å². The van der Waals surface area contributed by atoms with Crippen LogP contribution in [0.15, 0.2) is 59.5 Å². The van der Waals surface area contributed by atoms with Crippen LogP contribution >= 0.6 is 0 Å². The number of hydrogen-bond donors (Lipinski definition) is 0. The molecule has 7 nitrogen and oxygen atoms in total. The van der Waals surface area contributed by atoms with Crippen molar-refractivity contribution in [3.63, 3.8) is 0 Å². The fraction of sp³-hybridized carbons (Fsp3) is 0.143. The Hall–Kier alpha value is -2.45. The van der Waals surface area contributed by atoms with Crippen molar-refractivity contribution in [1.82, 2.24) is 0 Å². The van der Waals surface area contributed by atoms with Gasteiger partial charge in [-0.05, 0) is 18.2 Å². The summed E-state index contributed by atoms with van der Waals surface area (Å²) in [4.78, 5) is 9.72. The summed E-state index contributed by atoms with van der Waals surface area (Å²) in [6, 6.07) is 13.5. The van der Waals surface area contributed by atoms with E-state index in [1.54, 1.807) is 24.3 Å². The van der Waals surface area contributed by atoms with Crippen molar-refractivity contribution < 1.29 is 22.3 Å². The van der Waals surface area contributed by atoms with Gasteiger partial charge in [0, 0.05) is 12.1 Å². The first-order valence-electron chi connectivity index (χ1n) is 6.31. The molecule has 0 atom stereocenters. The van der Waals surface area contributed by atoms with Crippen LogP contribution < -0.4 is 4.74 Å². The van der Waals surface area contributed by atoms with Crippen molar-refractivity contribution in [2.24, 2.45) is 0 Å². The molecule has 0 N–H and O–H groups in total. The molecule has 0 aliphatic heterocycles. The van der Waals surface area contributed by atoms with Crippen LogP contribution in [-0.2, 0) is 14.3 Å². The Bertz CT molecular complexity index is 745. The standard InChI is InChI=1S/C14H13NO6S/c16-15(17)12-5-4-8-14(11-12)22(18,19)21-10-9-20-13-6-2-1-3-7-13/h1-8,11H,9-10H2. The third-order valence-corrected chi connectivity index (χ3v) is 3.96. The Morgan fingerprint density at radius 1 is 1.00 bits per heavy atom. The molecule has 0 amide bonds. The smallest absolute Gasteiger partial charge is 0.297 e. The Labute approximate surface area is 127 Å². The molecule has 116 valence electrons. The summed E-state index contributed by atoms with van der Waals surface area (Å²) in [5, 5.41) is 10.6. The van der Waals surface area contributed by atoms with Crippen molar-refractivity contribution in [3.8, 4) is 5.75 Å². The topological polar surface area (TPSA) is 95.7 Å². The lowest BCUT2D eigenvalue weighted by molar-refractivity contribution is -0.385. The molecule has 0 unspecified atom stereocenters. The number of ether oxygens (including phenoxy) is 1. The molecule has 0 spiro atoms. The van der Waals surface area contributed by atoms with E-state index in [0.29, 0.717) is 5.75 Å². The second-order valence-electron chi connectivity index (χ2n) is 4.19. The third-order valence-electron chi connectivity index (χ3n) is 2.65. The highest BCUT2D eigenvalue weighted by molar-refractivity contribution is 7.86. The number of non-ortho nitro benzene ring substituents is 1. The van der Waals surface area contributed by atoms with E-state index in [9.17, 15) is 18.5 Å². The van der Waals surface area contributed by atoms with E-state index in [0.717, 1.165) is 6.07 Å². The first-order valence-corrected chi connectivity index (χ1v) is 7.71. The second kappa shape index (κ2) is 7.01. The fourth-order valence-corrected chi connectivity index (χ4v) is 2.57. The highest BCUT2D eigenvalue weighted by Gasteiger charge is 2.18. The number of para-hydroxylation sites is 1. The molecule has 2 rings (SSSR count). The number of hydrogen-bond acceptors (Lipinski definition) is 6. The molecule has 0 heterocycles. The molecule has 0 radical (unpaired) electrons. The highest BCUT2D eigenvalue weighted by atomic mass is 32.2. The molecule has 0 aliphatic rings. The van der Waals surface area contributed by atoms with Gasteiger partial charge < -0.3 is 4.74 Å². The minimum absolute atomic E-state index is 0.0399. The van der Waals surface area contributed by atoms with Crippen LogP contribution in [0.2, 0.25) is 0 Å². The van der Waals surface area contributed by atoms with Crippen molar-refractivity contribution in [1.29, 1.82) is 0 Å². The predicted octanol–water partition coefficient (Wildman–Crippen LogP) is 2.38. The lowest BCUT2D eigenvalue weighted by Crippen LogP contribution is -2.13. The van der Waals surface area contributed by atoms with Crippen molar-refractivity contribution in [2.75, 3.05) is 13.2 Å². The molecule has 0 bridgehead atoms. The molecule has 0 saturated heterocycles. The molecule has 0 aliphatic carbocycles. The summed E-state index contributed by atoms with van der Waals surface area (Å²) in [5.41, 5.74) is -0.315. The quantitative estimate of drug-likeness (QED) is 0.336. The largest absolute Gasteiger partial charge is 0.491 e. The summed E-state index contributed by atoms with van der Waals surface area (Å²) >= 11 is 0. The lowest BCUT2D eigenvalue weighted by atomic mass is 10.3. The molecular weight excluding hydrogens is 310 g/mol. The third kappa shape index (κ3) is 4.27. The summed E-state index contributed by atoms with van der Waals surface area (Å²) in [7, 11) is -4.06. The molecule has 8 heteroatoms. The van der Waals surface area contributed by atoms with Crippen LogP contribution in [0.25, 0.3) is 0 Å². The Balaban J connectivity index is 1.94. The van der Waals surface area contributed by atoms with Gasteiger partial charge in [0.1, 0.15) is 23.9 Å². The Morgan fingerprint density at radius 2 is 1.73 bits per heavy atom. The summed E-state index contributed by atoms with van der Waals surface area (Å²) in [6.45, 7) is -0.155. The van der Waals surface area contributed by atoms with Gasteiger partial charge in [-0.2, -0.15) is 8.42 Å². The van der Waals surface area contributed by atoms with Gasteiger partial charge in [0.2, 0.25) is 0 Å². The van der Waals surface area contributed by atoms with E-state index in [4.69, 9.17) is 8.92 Å². The number of rotatable bonds is 7. The first-order chi connectivity index (χ1) is 10.5. The number of nitrogens with zero attached hydrogens (tertiary/aromatic N) is 1. The lowest BCUT2D eigenvalue weighted by Gasteiger charge is -2.07. The number of benzene rings is 2. The van der Waals surface area contributed by atoms with Gasteiger partial charge in [-0.3, -0.25) is 14.3 Å². The summed E-state index contributed by atoms with van der Waals surface area (Å²) in [6.07, 6.45) is 0. The molecule has 22 heavy (non-hydrogen) atoms. The van der Waals surface area contributed by atoms with E-state index >= 15 is 0 Å². The predicted molar refractivity (Wildman–Crippen MR) is 78.2 cm³/mol. The van der Waals surface area contributed by atoms with Gasteiger partial charge in [-0.25, -0.2) is 0 Å². The molecule has 0 fully saturated rings. The van der Waals surface area contributed by atoms with Gasteiger partial charge in [0.25, 0.3) is 15.8 Å². The van der Waals surface area contributed by atoms with Crippen molar-refractivity contribution in [2.45, 2.75) is 4.90 Å². The zero-order valence-corrected chi connectivity index (χ0v) is 12.2. The van der Waals surface area contributed by atoms with Gasteiger partial charge in [0.15, 0.2) is 0 Å². The molecule has 2 aromatic carbocycles. The number of nitro benzene ring substituents is 1. The van der Waals surface area contributed by atoms with E-state index < -0.39 is 15.0 Å². The minimum Gasteiger partial charge on any atom is -0.491 e. The normalized spacial score (nSPS) is 11.1. The molecule has 2 aromatic rings. The van der Waals surface area contributed by atoms with Crippen LogP contribution in [0.3, 0.4) is 0 Å². The van der Waals surface area contributed by atoms with Gasteiger partial charge >= 0.3 is 0 Å². The van der Waals surface area contributed by atoms with Crippen molar-refractivity contribution in [3.05, 3.63) is 64.7 Å². The molecule has 0 aromatic heterocycles. The number of nitro groups is 1. The van der Waals surface area contributed by atoms with Crippen LogP contribution in [0.4, 0.5) is 5.69 Å². The average molecular weight is 323 g/mol. The maximum Gasteiger partial charge on any atom is 0.297 e. The van der Waals surface area contributed by atoms with Crippen molar-refractivity contribution >= 4 is 15.8 Å². The highest BCUT2D eigenvalue weighted by Crippen LogP contribution is 2.19. The van der Waals surface area contributed by atoms with Gasteiger partial charge in [-0.15, -0.1) is 0 Å². The van der Waals surface area contributed by atoms with E-state index in [1.807, 2.05) is 6.07 Å². The fourth-order valence-electron chi connectivity index (χ4n) is 1.64. The zero-order valence-electron chi connectivity index (χ0n) is 11.4.